The first-order valence-electron chi connectivity index (χ1n) is 9.98. The normalized spacial score (nSPS) is 25.2. The Balaban J connectivity index is 2.05. The SMILES string of the molecule is CC(OCC1(C)CCC(O)(C(=O)NCC(F)(F)F)CN1)c1cc(C(F)(F)F)cc(C(F)(F)F)c1. The maximum Gasteiger partial charge on any atom is 0.416 e. The molecule has 3 unspecified atom stereocenters. The van der Waals surface area contributed by atoms with E-state index < -0.39 is 65.9 Å². The van der Waals surface area contributed by atoms with Crippen molar-refractivity contribution in [3.8, 4) is 0 Å². The van der Waals surface area contributed by atoms with Gasteiger partial charge in [0.05, 0.1) is 23.8 Å². The molecule has 1 saturated heterocycles. The summed E-state index contributed by atoms with van der Waals surface area (Å²) in [6.45, 7) is 0.546. The van der Waals surface area contributed by atoms with Crippen molar-refractivity contribution < 1.29 is 54.2 Å². The van der Waals surface area contributed by atoms with Crippen molar-refractivity contribution in [1.82, 2.24) is 10.6 Å². The summed E-state index contributed by atoms with van der Waals surface area (Å²) in [6.07, 6.45) is -16.1. The van der Waals surface area contributed by atoms with Crippen molar-refractivity contribution in [2.45, 2.75) is 62.5 Å². The first kappa shape index (κ1) is 28.2. The molecule has 2 rings (SSSR count). The predicted octanol–water partition coefficient (Wildman–Crippen LogP) is 4.35. The van der Waals surface area contributed by atoms with Gasteiger partial charge in [-0.1, -0.05) is 0 Å². The summed E-state index contributed by atoms with van der Waals surface area (Å²) >= 11 is 0. The summed E-state index contributed by atoms with van der Waals surface area (Å²) in [5.41, 5.74) is -6.41. The molecule has 1 heterocycles. The molecule has 5 nitrogen and oxygen atoms in total. The minimum absolute atomic E-state index is 0.00485. The molecule has 0 bridgehead atoms. The maximum atomic E-state index is 13.1. The Morgan fingerprint density at radius 1 is 1.06 bits per heavy atom. The van der Waals surface area contributed by atoms with Crippen LogP contribution in [0.5, 0.6) is 0 Å². The van der Waals surface area contributed by atoms with Crippen LogP contribution in [0.1, 0.15) is 49.5 Å². The minimum Gasteiger partial charge on any atom is -0.379 e. The van der Waals surface area contributed by atoms with E-state index in [1.54, 1.807) is 12.2 Å². The summed E-state index contributed by atoms with van der Waals surface area (Å²) in [7, 11) is 0. The van der Waals surface area contributed by atoms with Crippen molar-refractivity contribution in [2.75, 3.05) is 19.7 Å². The standard InChI is InChI=1S/C20H23F9N2O3/c1-11(12-5-13(19(24,25)26)7-14(6-12)20(27,28)29)34-10-16(2)3-4-17(33,8-31-16)15(32)30-9-18(21,22)23/h5-7,11,31,33H,3-4,8-10H2,1-2H3,(H,30,32). The van der Waals surface area contributed by atoms with E-state index in [1.807, 2.05) is 0 Å². The zero-order chi connectivity index (χ0) is 26.2. The van der Waals surface area contributed by atoms with Crippen LogP contribution in [0.3, 0.4) is 0 Å². The van der Waals surface area contributed by atoms with E-state index in [1.165, 1.54) is 6.92 Å². The Morgan fingerprint density at radius 2 is 1.59 bits per heavy atom. The van der Waals surface area contributed by atoms with Gasteiger partial charge in [-0.15, -0.1) is 0 Å². The highest BCUT2D eigenvalue weighted by Gasteiger charge is 2.45. The fraction of sp³-hybridized carbons (Fsp3) is 0.650. The van der Waals surface area contributed by atoms with Gasteiger partial charge in [0.15, 0.2) is 5.60 Å². The number of benzene rings is 1. The lowest BCUT2D eigenvalue weighted by Crippen LogP contribution is -2.63. The van der Waals surface area contributed by atoms with Crippen LogP contribution in [-0.2, 0) is 21.9 Å². The molecule has 0 saturated carbocycles. The Kier molecular flexibility index (Phi) is 7.90. The van der Waals surface area contributed by atoms with E-state index >= 15 is 0 Å². The zero-order valence-electron chi connectivity index (χ0n) is 18.0. The Bertz CT molecular complexity index is 841. The number of hydrogen-bond donors (Lipinski definition) is 3. The molecular formula is C20H23F9N2O3. The number of hydrogen-bond acceptors (Lipinski definition) is 4. The molecule has 1 aliphatic heterocycles. The molecule has 14 heteroatoms. The second-order valence-corrected chi connectivity index (χ2v) is 8.54. The van der Waals surface area contributed by atoms with Crippen molar-refractivity contribution in [3.63, 3.8) is 0 Å². The minimum atomic E-state index is -5.01. The van der Waals surface area contributed by atoms with Gasteiger partial charge in [-0.2, -0.15) is 39.5 Å². The highest BCUT2D eigenvalue weighted by atomic mass is 19.4. The van der Waals surface area contributed by atoms with E-state index in [4.69, 9.17) is 4.74 Å². The Labute approximate surface area is 188 Å². The molecule has 0 aliphatic carbocycles. The van der Waals surface area contributed by atoms with E-state index in [0.29, 0.717) is 12.1 Å². The van der Waals surface area contributed by atoms with Gasteiger partial charge >= 0.3 is 18.5 Å². The summed E-state index contributed by atoms with van der Waals surface area (Å²) in [4.78, 5) is 11.9. The fourth-order valence-corrected chi connectivity index (χ4v) is 3.30. The number of carbonyl (C=O) groups excluding carboxylic acids is 1. The number of aliphatic hydroxyl groups is 1. The number of amides is 1. The summed E-state index contributed by atoms with van der Waals surface area (Å²) in [5, 5.41) is 14.7. The third-order valence-electron chi connectivity index (χ3n) is 5.50. The van der Waals surface area contributed by atoms with Gasteiger partial charge in [0, 0.05) is 12.1 Å². The van der Waals surface area contributed by atoms with Gasteiger partial charge in [0.25, 0.3) is 5.91 Å². The monoisotopic (exact) mass is 510 g/mol. The maximum absolute atomic E-state index is 13.1. The van der Waals surface area contributed by atoms with Gasteiger partial charge in [0.1, 0.15) is 6.54 Å². The average molecular weight is 510 g/mol. The Hall–Kier alpha value is -2.06. The van der Waals surface area contributed by atoms with E-state index in [9.17, 15) is 49.4 Å². The lowest BCUT2D eigenvalue weighted by molar-refractivity contribution is -0.154. The van der Waals surface area contributed by atoms with Crippen molar-refractivity contribution in [1.29, 1.82) is 0 Å². The van der Waals surface area contributed by atoms with Crippen molar-refractivity contribution >= 4 is 5.91 Å². The lowest BCUT2D eigenvalue weighted by Gasteiger charge is -2.42. The third-order valence-corrected chi connectivity index (χ3v) is 5.50. The first-order chi connectivity index (χ1) is 15.2. The van der Waals surface area contributed by atoms with Gasteiger partial charge in [-0.25, -0.2) is 0 Å². The number of β-amino-alcohol motifs (C(OH)–C–C–N with tert-alkyl or cyclic N) is 1. The third kappa shape index (κ3) is 7.47. The van der Waals surface area contributed by atoms with Gasteiger partial charge < -0.3 is 20.5 Å². The van der Waals surface area contributed by atoms with Crippen LogP contribution in [-0.4, -0.2) is 48.0 Å². The molecule has 0 radical (unpaired) electrons. The molecule has 194 valence electrons. The quantitative estimate of drug-likeness (QED) is 0.498. The van der Waals surface area contributed by atoms with Crippen LogP contribution >= 0.6 is 0 Å². The smallest absolute Gasteiger partial charge is 0.379 e. The number of nitrogens with one attached hydrogen (secondary N) is 2. The number of rotatable bonds is 6. The van der Waals surface area contributed by atoms with Crippen LogP contribution in [0, 0.1) is 0 Å². The first-order valence-corrected chi connectivity index (χ1v) is 9.98. The predicted molar refractivity (Wildman–Crippen MR) is 100 cm³/mol. The number of carbonyl (C=O) groups is 1. The van der Waals surface area contributed by atoms with E-state index in [0.717, 1.165) is 0 Å². The topological polar surface area (TPSA) is 70.6 Å². The van der Waals surface area contributed by atoms with E-state index in [2.05, 4.69) is 5.32 Å². The second-order valence-electron chi connectivity index (χ2n) is 8.54. The van der Waals surface area contributed by atoms with Crippen LogP contribution in [0.4, 0.5) is 39.5 Å². The average Bonchev–Trinajstić information content (AvgIpc) is 2.70. The van der Waals surface area contributed by atoms with E-state index in [-0.39, 0.29) is 31.1 Å². The van der Waals surface area contributed by atoms with Gasteiger partial charge in [-0.3, -0.25) is 4.79 Å². The Morgan fingerprint density at radius 3 is 2.00 bits per heavy atom. The highest BCUT2D eigenvalue weighted by molar-refractivity contribution is 5.85. The molecule has 3 N–H and O–H groups in total. The van der Waals surface area contributed by atoms with Gasteiger partial charge in [-0.05, 0) is 50.5 Å². The molecule has 1 amide bonds. The van der Waals surface area contributed by atoms with Gasteiger partial charge in [0.2, 0.25) is 0 Å². The number of halogens is 9. The number of alkyl halides is 9. The molecule has 1 fully saturated rings. The molecule has 1 aliphatic rings. The molecule has 0 aromatic heterocycles. The summed E-state index contributed by atoms with van der Waals surface area (Å²) < 4.78 is 121. The lowest BCUT2D eigenvalue weighted by atomic mass is 9.82. The zero-order valence-corrected chi connectivity index (χ0v) is 18.0. The number of piperidine rings is 1. The molecular weight excluding hydrogens is 487 g/mol. The van der Waals surface area contributed by atoms with Crippen molar-refractivity contribution in [2.24, 2.45) is 0 Å². The summed E-state index contributed by atoms with van der Waals surface area (Å²) in [6, 6.07) is 1.12. The molecule has 3 atom stereocenters. The molecule has 34 heavy (non-hydrogen) atoms. The summed E-state index contributed by atoms with van der Waals surface area (Å²) in [5.74, 6) is -1.22. The van der Waals surface area contributed by atoms with Crippen LogP contribution in [0.15, 0.2) is 18.2 Å². The van der Waals surface area contributed by atoms with Crippen LogP contribution < -0.4 is 10.6 Å². The fourth-order valence-electron chi connectivity index (χ4n) is 3.30. The number of ether oxygens (including phenoxy) is 1. The molecule has 0 spiro atoms. The molecule has 1 aromatic rings. The van der Waals surface area contributed by atoms with Crippen molar-refractivity contribution in [3.05, 3.63) is 34.9 Å². The second kappa shape index (κ2) is 9.53. The molecule has 1 aromatic carbocycles. The highest BCUT2D eigenvalue weighted by Crippen LogP contribution is 2.38. The largest absolute Gasteiger partial charge is 0.416 e. The van der Waals surface area contributed by atoms with Crippen LogP contribution in [0.2, 0.25) is 0 Å². The van der Waals surface area contributed by atoms with Crippen LogP contribution in [0.25, 0.3) is 0 Å².